The maximum Gasteiger partial charge on any atom is 0.514 e. The van der Waals surface area contributed by atoms with E-state index in [0.29, 0.717) is 12.2 Å². The SMILES string of the molecule is CO[Si](CNC(C)C)(OC)OC. The lowest BCUT2D eigenvalue weighted by molar-refractivity contribution is 0.121. The number of rotatable bonds is 6. The van der Waals surface area contributed by atoms with Gasteiger partial charge in [0.1, 0.15) is 0 Å². The van der Waals surface area contributed by atoms with Gasteiger partial charge in [0, 0.05) is 27.4 Å². The van der Waals surface area contributed by atoms with Gasteiger partial charge in [-0.1, -0.05) is 13.8 Å². The zero-order valence-corrected chi connectivity index (χ0v) is 9.51. The molecule has 0 aromatic rings. The Kier molecular flexibility index (Phi) is 5.69. The molecule has 0 saturated carbocycles. The van der Waals surface area contributed by atoms with E-state index in [-0.39, 0.29) is 0 Å². The molecule has 0 fully saturated rings. The quantitative estimate of drug-likeness (QED) is 0.620. The Hall–Kier alpha value is 0.0569. The molecule has 0 rings (SSSR count). The van der Waals surface area contributed by atoms with Crippen molar-refractivity contribution in [1.29, 1.82) is 0 Å². The van der Waals surface area contributed by atoms with Gasteiger partial charge < -0.3 is 18.6 Å². The average Bonchev–Trinajstić information content (AvgIpc) is 2.08. The Bertz CT molecular complexity index is 109. The van der Waals surface area contributed by atoms with Crippen molar-refractivity contribution >= 4 is 8.80 Å². The standard InChI is InChI=1S/C7H19NO3Si/c1-7(2)8-6-12(9-3,10-4)11-5/h7-8H,6H2,1-5H3. The van der Waals surface area contributed by atoms with Crippen LogP contribution in [0.1, 0.15) is 13.8 Å². The highest BCUT2D eigenvalue weighted by Crippen LogP contribution is 2.03. The van der Waals surface area contributed by atoms with Gasteiger partial charge in [0.15, 0.2) is 0 Å². The van der Waals surface area contributed by atoms with Crippen LogP contribution < -0.4 is 5.32 Å². The Morgan fingerprint density at radius 2 is 1.50 bits per heavy atom. The van der Waals surface area contributed by atoms with Crippen LogP contribution in [-0.4, -0.2) is 42.3 Å². The smallest absolute Gasteiger partial charge is 0.376 e. The minimum Gasteiger partial charge on any atom is -0.376 e. The summed E-state index contributed by atoms with van der Waals surface area (Å²) in [5, 5.41) is 3.23. The molecule has 0 aliphatic rings. The predicted molar refractivity (Wildman–Crippen MR) is 49.9 cm³/mol. The molecule has 0 bridgehead atoms. The third-order valence-corrected chi connectivity index (χ3v) is 4.16. The summed E-state index contributed by atoms with van der Waals surface area (Å²) in [6.07, 6.45) is 0.647. The summed E-state index contributed by atoms with van der Waals surface area (Å²) in [6, 6.07) is 0.414. The van der Waals surface area contributed by atoms with Crippen LogP contribution in [0.25, 0.3) is 0 Å². The van der Waals surface area contributed by atoms with Gasteiger partial charge in [-0.15, -0.1) is 0 Å². The molecule has 0 heterocycles. The van der Waals surface area contributed by atoms with E-state index in [1.807, 2.05) is 0 Å². The summed E-state index contributed by atoms with van der Waals surface area (Å²) in [7, 11) is 2.45. The van der Waals surface area contributed by atoms with Crippen molar-refractivity contribution in [2.45, 2.75) is 19.9 Å². The van der Waals surface area contributed by atoms with Gasteiger partial charge in [-0.3, -0.25) is 0 Å². The molecular formula is C7H19NO3Si. The number of hydrogen-bond donors (Lipinski definition) is 1. The third-order valence-electron chi connectivity index (χ3n) is 1.66. The van der Waals surface area contributed by atoms with Crippen LogP contribution in [-0.2, 0) is 13.3 Å². The van der Waals surface area contributed by atoms with E-state index < -0.39 is 8.80 Å². The topological polar surface area (TPSA) is 39.7 Å². The maximum absolute atomic E-state index is 5.22. The van der Waals surface area contributed by atoms with E-state index in [2.05, 4.69) is 19.2 Å². The molecule has 12 heavy (non-hydrogen) atoms. The van der Waals surface area contributed by atoms with Crippen LogP contribution in [0, 0.1) is 0 Å². The zero-order chi connectivity index (χ0) is 9.61. The first-order valence-electron chi connectivity index (χ1n) is 3.99. The lowest BCUT2D eigenvalue weighted by Gasteiger charge is -2.25. The molecule has 0 radical (unpaired) electrons. The van der Waals surface area contributed by atoms with Crippen LogP contribution in [0.2, 0.25) is 0 Å². The lowest BCUT2D eigenvalue weighted by Crippen LogP contribution is -2.53. The van der Waals surface area contributed by atoms with Crippen LogP contribution in [0.5, 0.6) is 0 Å². The summed E-state index contributed by atoms with van der Waals surface area (Å²) in [6.45, 7) is 4.14. The second kappa shape index (κ2) is 5.66. The molecule has 74 valence electrons. The fourth-order valence-corrected chi connectivity index (χ4v) is 2.39. The first-order valence-corrected chi connectivity index (χ1v) is 5.92. The molecule has 0 saturated heterocycles. The molecule has 0 aromatic carbocycles. The normalized spacial score (nSPS) is 12.5. The summed E-state index contributed by atoms with van der Waals surface area (Å²) in [4.78, 5) is 0. The third kappa shape index (κ3) is 3.64. The van der Waals surface area contributed by atoms with Gasteiger partial charge in [0.2, 0.25) is 0 Å². The fraction of sp³-hybridized carbons (Fsp3) is 1.00. The number of hydrogen-bond acceptors (Lipinski definition) is 4. The van der Waals surface area contributed by atoms with Crippen molar-refractivity contribution in [2.24, 2.45) is 0 Å². The lowest BCUT2D eigenvalue weighted by atomic mass is 10.4. The Labute approximate surface area is 75.6 Å². The number of nitrogens with one attached hydrogen (secondary N) is 1. The van der Waals surface area contributed by atoms with E-state index >= 15 is 0 Å². The summed E-state index contributed by atoms with van der Waals surface area (Å²) >= 11 is 0. The molecule has 0 spiro atoms. The molecule has 0 aromatic heterocycles. The Balaban J connectivity index is 3.93. The summed E-state index contributed by atoms with van der Waals surface area (Å²) < 4.78 is 15.7. The van der Waals surface area contributed by atoms with Gasteiger partial charge in [0.25, 0.3) is 0 Å². The molecule has 0 atom stereocenters. The van der Waals surface area contributed by atoms with Crippen LogP contribution in [0.15, 0.2) is 0 Å². The molecule has 4 nitrogen and oxygen atoms in total. The van der Waals surface area contributed by atoms with Gasteiger partial charge in [-0.25, -0.2) is 0 Å². The van der Waals surface area contributed by atoms with Crippen molar-refractivity contribution in [3.8, 4) is 0 Å². The highest BCUT2D eigenvalue weighted by molar-refractivity contribution is 6.60. The Morgan fingerprint density at radius 1 is 1.08 bits per heavy atom. The molecule has 0 aliphatic heterocycles. The summed E-state index contributed by atoms with van der Waals surface area (Å²) in [5.41, 5.74) is 0. The highest BCUT2D eigenvalue weighted by atomic mass is 28.4. The molecule has 0 unspecified atom stereocenters. The first kappa shape index (κ1) is 12.1. The molecular weight excluding hydrogens is 174 g/mol. The van der Waals surface area contributed by atoms with Gasteiger partial charge in [-0.05, 0) is 0 Å². The zero-order valence-electron chi connectivity index (χ0n) is 8.51. The van der Waals surface area contributed by atoms with Gasteiger partial charge >= 0.3 is 8.80 Å². The Morgan fingerprint density at radius 3 is 1.75 bits per heavy atom. The predicted octanol–water partition coefficient (Wildman–Crippen LogP) is 0.402. The van der Waals surface area contributed by atoms with E-state index in [9.17, 15) is 0 Å². The molecule has 1 N–H and O–H groups in total. The molecule has 0 aliphatic carbocycles. The maximum atomic E-state index is 5.22. The molecule has 0 amide bonds. The van der Waals surface area contributed by atoms with Crippen LogP contribution >= 0.6 is 0 Å². The second-order valence-corrected chi connectivity index (χ2v) is 5.78. The van der Waals surface area contributed by atoms with Crippen molar-refractivity contribution in [2.75, 3.05) is 27.5 Å². The van der Waals surface area contributed by atoms with E-state index in [1.54, 1.807) is 21.3 Å². The summed E-state index contributed by atoms with van der Waals surface area (Å²) in [5.74, 6) is 0. The van der Waals surface area contributed by atoms with Crippen molar-refractivity contribution < 1.29 is 13.3 Å². The largest absolute Gasteiger partial charge is 0.514 e. The monoisotopic (exact) mass is 193 g/mol. The second-order valence-electron chi connectivity index (χ2n) is 2.83. The van der Waals surface area contributed by atoms with Crippen LogP contribution in [0.4, 0.5) is 0 Å². The van der Waals surface area contributed by atoms with E-state index in [4.69, 9.17) is 13.3 Å². The first-order chi connectivity index (χ1) is 5.60. The van der Waals surface area contributed by atoms with Crippen molar-refractivity contribution in [1.82, 2.24) is 5.32 Å². The van der Waals surface area contributed by atoms with E-state index in [0.717, 1.165) is 0 Å². The minimum absolute atomic E-state index is 0.414. The van der Waals surface area contributed by atoms with Crippen molar-refractivity contribution in [3.05, 3.63) is 0 Å². The average molecular weight is 193 g/mol. The highest BCUT2D eigenvalue weighted by Gasteiger charge is 2.37. The van der Waals surface area contributed by atoms with Gasteiger partial charge in [0.05, 0.1) is 6.17 Å². The molecule has 5 heteroatoms. The van der Waals surface area contributed by atoms with Crippen LogP contribution in [0.3, 0.4) is 0 Å². The minimum atomic E-state index is -2.39. The van der Waals surface area contributed by atoms with Crippen molar-refractivity contribution in [3.63, 3.8) is 0 Å². The van der Waals surface area contributed by atoms with E-state index in [1.165, 1.54) is 0 Å². The van der Waals surface area contributed by atoms with Gasteiger partial charge in [-0.2, -0.15) is 0 Å². The fourth-order valence-electron chi connectivity index (χ4n) is 0.796.